The largest absolute Gasteiger partial charge is 0.490 e. The second kappa shape index (κ2) is 10.00. The fourth-order valence-electron chi connectivity index (χ4n) is 3.26. The van der Waals surface area contributed by atoms with Crippen LogP contribution in [0.5, 0.6) is 5.75 Å². The van der Waals surface area contributed by atoms with Crippen LogP contribution in [0.4, 0.5) is 0 Å². The van der Waals surface area contributed by atoms with Crippen LogP contribution in [0.3, 0.4) is 0 Å². The molecule has 1 aromatic rings. The van der Waals surface area contributed by atoms with Crippen molar-refractivity contribution in [3.8, 4) is 5.75 Å². The van der Waals surface area contributed by atoms with E-state index in [2.05, 4.69) is 6.58 Å². The lowest BCUT2D eigenvalue weighted by Crippen LogP contribution is -2.37. The Hall–Kier alpha value is -2.30. The zero-order chi connectivity index (χ0) is 18.9. The number of likely N-dealkylation sites (tertiary alicyclic amines) is 1. The molecule has 26 heavy (non-hydrogen) atoms. The summed E-state index contributed by atoms with van der Waals surface area (Å²) in [5, 5.41) is 0. The molecule has 1 fully saturated rings. The molecule has 0 radical (unpaired) electrons. The van der Waals surface area contributed by atoms with Gasteiger partial charge in [0.25, 0.3) is 0 Å². The van der Waals surface area contributed by atoms with Crippen LogP contribution in [-0.4, -0.2) is 48.4 Å². The predicted molar refractivity (Wildman–Crippen MR) is 103 cm³/mol. The lowest BCUT2D eigenvalue weighted by atomic mass is 9.92. The summed E-state index contributed by atoms with van der Waals surface area (Å²) in [6, 6.07) is 7.80. The number of nitrogens with zero attached hydrogens (tertiary/aromatic N) is 2. The van der Waals surface area contributed by atoms with Crippen molar-refractivity contribution in [2.75, 3.05) is 26.7 Å². The molecule has 1 aliphatic rings. The van der Waals surface area contributed by atoms with Crippen LogP contribution in [0.15, 0.2) is 36.9 Å². The predicted octanol–water partition coefficient (Wildman–Crippen LogP) is 3.25. The van der Waals surface area contributed by atoms with Crippen LogP contribution >= 0.6 is 0 Å². The van der Waals surface area contributed by atoms with Crippen LogP contribution in [-0.2, 0) is 16.1 Å². The molecule has 0 atom stereocenters. The van der Waals surface area contributed by atoms with Crippen molar-refractivity contribution in [3.05, 3.63) is 42.5 Å². The Morgan fingerprint density at radius 3 is 2.50 bits per heavy atom. The first kappa shape index (κ1) is 20.0. The molecule has 1 heterocycles. The van der Waals surface area contributed by atoms with Crippen molar-refractivity contribution in [1.29, 1.82) is 0 Å². The van der Waals surface area contributed by atoms with E-state index in [4.69, 9.17) is 4.74 Å². The highest BCUT2D eigenvalue weighted by molar-refractivity contribution is 5.76. The second-order valence-electron chi connectivity index (χ2n) is 6.98. The quantitative estimate of drug-likeness (QED) is 0.670. The van der Waals surface area contributed by atoms with Gasteiger partial charge >= 0.3 is 0 Å². The molecule has 0 N–H and O–H groups in total. The summed E-state index contributed by atoms with van der Waals surface area (Å²) in [6.07, 6.45) is 5.20. The summed E-state index contributed by atoms with van der Waals surface area (Å²) < 4.78 is 5.47. The molecule has 2 rings (SSSR count). The third-order valence-electron chi connectivity index (χ3n) is 4.96. The van der Waals surface area contributed by atoms with Crippen molar-refractivity contribution < 1.29 is 14.3 Å². The average Bonchev–Trinajstić information content (AvgIpc) is 2.65. The fraction of sp³-hybridized carbons (Fsp3) is 0.524. The van der Waals surface area contributed by atoms with Gasteiger partial charge < -0.3 is 14.5 Å². The van der Waals surface area contributed by atoms with Crippen molar-refractivity contribution in [3.63, 3.8) is 0 Å². The van der Waals surface area contributed by atoms with Gasteiger partial charge in [0.2, 0.25) is 11.8 Å². The molecule has 0 aliphatic carbocycles. The smallest absolute Gasteiger partial charge is 0.222 e. The summed E-state index contributed by atoms with van der Waals surface area (Å²) in [7, 11) is 1.85. The van der Waals surface area contributed by atoms with Gasteiger partial charge in [0, 0.05) is 40.0 Å². The monoisotopic (exact) mass is 358 g/mol. The zero-order valence-electron chi connectivity index (χ0n) is 15.9. The van der Waals surface area contributed by atoms with Crippen molar-refractivity contribution in [2.24, 2.45) is 5.92 Å². The highest BCUT2D eigenvalue weighted by Gasteiger charge is 2.21. The summed E-state index contributed by atoms with van der Waals surface area (Å²) in [4.78, 5) is 27.4. The first-order valence-corrected chi connectivity index (χ1v) is 9.31. The van der Waals surface area contributed by atoms with E-state index in [1.807, 2.05) is 36.2 Å². The minimum Gasteiger partial charge on any atom is -0.490 e. The molecule has 0 unspecified atom stereocenters. The van der Waals surface area contributed by atoms with Crippen molar-refractivity contribution in [2.45, 2.75) is 39.2 Å². The van der Waals surface area contributed by atoms with E-state index < -0.39 is 0 Å². The first-order valence-electron chi connectivity index (χ1n) is 9.31. The molecular formula is C21H30N2O3. The maximum atomic E-state index is 12.4. The highest BCUT2D eigenvalue weighted by Crippen LogP contribution is 2.22. The molecule has 5 nitrogen and oxygen atoms in total. The Morgan fingerprint density at radius 1 is 1.27 bits per heavy atom. The van der Waals surface area contributed by atoms with Crippen LogP contribution in [0.25, 0.3) is 0 Å². The van der Waals surface area contributed by atoms with Gasteiger partial charge in [0.15, 0.2) is 0 Å². The summed E-state index contributed by atoms with van der Waals surface area (Å²) in [6.45, 7) is 7.99. The molecular weight excluding hydrogens is 328 g/mol. The van der Waals surface area contributed by atoms with Crippen LogP contribution < -0.4 is 4.74 Å². The van der Waals surface area contributed by atoms with Gasteiger partial charge in [-0.3, -0.25) is 9.59 Å². The van der Waals surface area contributed by atoms with Gasteiger partial charge in [-0.25, -0.2) is 0 Å². The maximum absolute atomic E-state index is 12.4. The van der Waals surface area contributed by atoms with Crippen LogP contribution in [0, 0.1) is 5.92 Å². The number of hydrogen-bond acceptors (Lipinski definition) is 3. The van der Waals surface area contributed by atoms with Gasteiger partial charge in [0.05, 0.1) is 0 Å². The second-order valence-corrected chi connectivity index (χ2v) is 6.98. The number of ether oxygens (including phenoxy) is 1. The highest BCUT2D eigenvalue weighted by atomic mass is 16.5. The minimum atomic E-state index is 0.153. The molecule has 5 heteroatoms. The molecule has 0 bridgehead atoms. The van der Waals surface area contributed by atoms with Crippen LogP contribution in [0.2, 0.25) is 0 Å². The Balaban J connectivity index is 1.72. The van der Waals surface area contributed by atoms with E-state index in [1.54, 1.807) is 17.9 Å². The van der Waals surface area contributed by atoms with E-state index in [1.165, 1.54) is 0 Å². The number of rotatable bonds is 8. The third-order valence-corrected chi connectivity index (χ3v) is 4.96. The minimum absolute atomic E-state index is 0.153. The topological polar surface area (TPSA) is 49.9 Å². The Kier molecular flexibility index (Phi) is 7.70. The first-order chi connectivity index (χ1) is 12.5. The molecule has 1 aliphatic heterocycles. The van der Waals surface area contributed by atoms with E-state index in [0.717, 1.165) is 43.7 Å². The van der Waals surface area contributed by atoms with Crippen molar-refractivity contribution in [1.82, 2.24) is 9.80 Å². The summed E-state index contributed by atoms with van der Waals surface area (Å²) >= 11 is 0. The fourth-order valence-corrected chi connectivity index (χ4v) is 3.26. The van der Waals surface area contributed by atoms with E-state index in [-0.39, 0.29) is 11.8 Å². The molecule has 142 valence electrons. The van der Waals surface area contributed by atoms with E-state index in [0.29, 0.717) is 25.5 Å². The van der Waals surface area contributed by atoms with Crippen molar-refractivity contribution >= 4 is 11.8 Å². The lowest BCUT2D eigenvalue weighted by Gasteiger charge is -2.31. The normalized spacial score (nSPS) is 14.8. The molecule has 0 spiro atoms. The SMILES string of the molecule is C=CCOc1ccc(CN(C)C(=O)CCC2CCN(C(C)=O)CC2)cc1. The molecule has 1 saturated heterocycles. The van der Waals surface area contributed by atoms with Gasteiger partial charge in [-0.2, -0.15) is 0 Å². The molecule has 0 aromatic heterocycles. The van der Waals surface area contributed by atoms with Gasteiger partial charge in [-0.15, -0.1) is 0 Å². The van der Waals surface area contributed by atoms with E-state index in [9.17, 15) is 9.59 Å². The Bertz CT molecular complexity index is 604. The van der Waals surface area contributed by atoms with Crippen LogP contribution in [0.1, 0.15) is 38.2 Å². The number of carbonyl (C=O) groups excluding carboxylic acids is 2. The number of amides is 2. The maximum Gasteiger partial charge on any atom is 0.222 e. The third kappa shape index (κ3) is 6.21. The Labute approximate surface area is 156 Å². The Morgan fingerprint density at radius 2 is 1.92 bits per heavy atom. The standard InChI is InChI=1S/C21H30N2O3/c1-4-15-26-20-8-5-19(6-9-20)16-22(3)21(25)10-7-18-11-13-23(14-12-18)17(2)24/h4-6,8-9,18H,1,7,10-16H2,2-3H3. The summed E-state index contributed by atoms with van der Waals surface area (Å²) in [5.41, 5.74) is 1.08. The molecule has 0 saturated carbocycles. The molecule has 2 amide bonds. The lowest BCUT2D eigenvalue weighted by molar-refractivity contribution is -0.132. The average molecular weight is 358 g/mol. The van der Waals surface area contributed by atoms with Gasteiger partial charge in [-0.1, -0.05) is 24.8 Å². The summed E-state index contributed by atoms with van der Waals surface area (Å²) in [5.74, 6) is 1.68. The number of carbonyl (C=O) groups is 2. The number of piperidine rings is 1. The zero-order valence-corrected chi connectivity index (χ0v) is 15.9. The number of benzene rings is 1. The van der Waals surface area contributed by atoms with Gasteiger partial charge in [0.1, 0.15) is 12.4 Å². The number of hydrogen-bond donors (Lipinski definition) is 0. The van der Waals surface area contributed by atoms with Gasteiger partial charge in [-0.05, 0) is 42.9 Å². The van der Waals surface area contributed by atoms with E-state index >= 15 is 0 Å². The molecule has 1 aromatic carbocycles.